The van der Waals surface area contributed by atoms with Gasteiger partial charge in [-0.15, -0.1) is 0 Å². The van der Waals surface area contributed by atoms with Crippen molar-refractivity contribution in [1.82, 2.24) is 20.2 Å². The SMILES string of the molecule is C[C@H](NC(=O)O)C(=O)N(C)C1CC(=O)c2c([nH]c(-c3ccncc3)c2Nc2ccccc2)C1. The van der Waals surface area contributed by atoms with E-state index in [0.29, 0.717) is 17.7 Å². The number of carboxylic acid groups (broad SMARTS) is 1. The summed E-state index contributed by atoms with van der Waals surface area (Å²) >= 11 is 0. The van der Waals surface area contributed by atoms with Crippen LogP contribution in [-0.2, 0) is 11.2 Å². The van der Waals surface area contributed by atoms with Crippen LogP contribution in [0.25, 0.3) is 11.3 Å². The van der Waals surface area contributed by atoms with Gasteiger partial charge in [0, 0.05) is 55.3 Å². The molecule has 2 aromatic heterocycles. The van der Waals surface area contributed by atoms with Gasteiger partial charge in [0.15, 0.2) is 5.78 Å². The Labute approximate surface area is 190 Å². The highest BCUT2D eigenvalue weighted by Gasteiger charge is 2.35. The second-order valence-electron chi connectivity index (χ2n) is 8.06. The molecule has 4 rings (SSSR count). The van der Waals surface area contributed by atoms with Crippen LogP contribution in [0.5, 0.6) is 0 Å². The lowest BCUT2D eigenvalue weighted by atomic mass is 9.90. The van der Waals surface area contributed by atoms with Gasteiger partial charge in [0.05, 0.1) is 16.9 Å². The molecule has 0 saturated heterocycles. The molecule has 0 aliphatic heterocycles. The average Bonchev–Trinajstić information content (AvgIpc) is 3.17. The lowest BCUT2D eigenvalue weighted by Gasteiger charge is -2.32. The van der Waals surface area contributed by atoms with Gasteiger partial charge in [-0.05, 0) is 31.2 Å². The number of para-hydroxylation sites is 1. The van der Waals surface area contributed by atoms with Crippen LogP contribution < -0.4 is 10.6 Å². The van der Waals surface area contributed by atoms with E-state index in [1.54, 1.807) is 19.4 Å². The number of carbonyl (C=O) groups excluding carboxylic acids is 2. The lowest BCUT2D eigenvalue weighted by Crippen LogP contribution is -2.50. The van der Waals surface area contributed by atoms with Crippen molar-refractivity contribution in [2.75, 3.05) is 12.4 Å². The highest BCUT2D eigenvalue weighted by Crippen LogP contribution is 2.39. The van der Waals surface area contributed by atoms with Gasteiger partial charge >= 0.3 is 6.09 Å². The molecule has 2 heterocycles. The van der Waals surface area contributed by atoms with Crippen molar-refractivity contribution in [2.24, 2.45) is 0 Å². The third-order valence-corrected chi connectivity index (χ3v) is 5.84. The number of likely N-dealkylation sites (N-methyl/N-ethyl adjacent to an activating group) is 1. The third-order valence-electron chi connectivity index (χ3n) is 5.84. The maximum atomic E-state index is 13.3. The number of pyridine rings is 1. The quantitative estimate of drug-likeness (QED) is 0.458. The van der Waals surface area contributed by atoms with Crippen LogP contribution in [0.15, 0.2) is 54.9 Å². The van der Waals surface area contributed by atoms with Crippen molar-refractivity contribution in [3.8, 4) is 11.3 Å². The molecule has 1 unspecified atom stereocenters. The highest BCUT2D eigenvalue weighted by atomic mass is 16.4. The van der Waals surface area contributed by atoms with Gasteiger partial charge in [0.2, 0.25) is 5.91 Å². The molecular formula is C24H25N5O4. The monoisotopic (exact) mass is 447 g/mol. The van der Waals surface area contributed by atoms with E-state index in [1.165, 1.54) is 11.8 Å². The summed E-state index contributed by atoms with van der Waals surface area (Å²) in [4.78, 5) is 45.8. The lowest BCUT2D eigenvalue weighted by molar-refractivity contribution is -0.133. The Balaban J connectivity index is 1.68. The zero-order valence-electron chi connectivity index (χ0n) is 18.3. The van der Waals surface area contributed by atoms with Crippen LogP contribution in [0.3, 0.4) is 0 Å². The van der Waals surface area contributed by atoms with Crippen LogP contribution in [0.4, 0.5) is 16.2 Å². The first-order valence-corrected chi connectivity index (χ1v) is 10.6. The maximum Gasteiger partial charge on any atom is 0.405 e. The van der Waals surface area contributed by atoms with Gasteiger partial charge < -0.3 is 25.6 Å². The summed E-state index contributed by atoms with van der Waals surface area (Å²) in [6.45, 7) is 1.49. The Hall–Kier alpha value is -4.14. The number of nitrogens with zero attached hydrogens (tertiary/aromatic N) is 2. The summed E-state index contributed by atoms with van der Waals surface area (Å²) in [5, 5.41) is 14.5. The fraction of sp³-hybridized carbons (Fsp3) is 0.250. The number of anilines is 2. The number of aromatic amines is 1. The number of ketones is 1. The first-order valence-electron chi connectivity index (χ1n) is 10.6. The molecule has 0 saturated carbocycles. The van der Waals surface area contributed by atoms with Crippen molar-refractivity contribution >= 4 is 29.2 Å². The summed E-state index contributed by atoms with van der Waals surface area (Å²) in [6.07, 6.45) is 2.70. The van der Waals surface area contributed by atoms with Crippen molar-refractivity contribution in [2.45, 2.75) is 31.8 Å². The Bertz CT molecular complexity index is 1180. The molecular weight excluding hydrogens is 422 g/mol. The van der Waals surface area contributed by atoms with Crippen molar-refractivity contribution in [3.05, 3.63) is 66.1 Å². The number of aromatic nitrogens is 2. The van der Waals surface area contributed by atoms with Gasteiger partial charge in [0.25, 0.3) is 0 Å². The number of amides is 2. The maximum absolute atomic E-state index is 13.3. The molecule has 3 aromatic rings. The van der Waals surface area contributed by atoms with Crippen molar-refractivity contribution < 1.29 is 19.5 Å². The first kappa shape index (κ1) is 22.1. The van der Waals surface area contributed by atoms with Crippen LogP contribution in [0, 0.1) is 0 Å². The van der Waals surface area contributed by atoms with E-state index in [0.717, 1.165) is 22.6 Å². The number of nitrogens with one attached hydrogen (secondary N) is 3. The fourth-order valence-corrected chi connectivity index (χ4v) is 4.17. The van der Waals surface area contributed by atoms with Gasteiger partial charge in [-0.2, -0.15) is 0 Å². The number of benzene rings is 1. The fourth-order valence-electron chi connectivity index (χ4n) is 4.17. The molecule has 1 aliphatic rings. The molecule has 0 spiro atoms. The van der Waals surface area contributed by atoms with Crippen LogP contribution >= 0.6 is 0 Å². The average molecular weight is 447 g/mol. The number of fused-ring (bicyclic) bond motifs is 1. The van der Waals surface area contributed by atoms with E-state index >= 15 is 0 Å². The van der Waals surface area contributed by atoms with Gasteiger partial charge in [-0.3, -0.25) is 14.6 Å². The number of Topliss-reactive ketones (excluding diaryl/α,β-unsaturated/α-hetero) is 1. The van der Waals surface area contributed by atoms with E-state index < -0.39 is 12.1 Å². The molecule has 4 N–H and O–H groups in total. The Morgan fingerprint density at radius 2 is 1.85 bits per heavy atom. The Morgan fingerprint density at radius 3 is 2.52 bits per heavy atom. The number of H-pyrrole nitrogens is 1. The minimum atomic E-state index is -1.27. The first-order chi connectivity index (χ1) is 15.8. The Kier molecular flexibility index (Phi) is 6.12. The largest absolute Gasteiger partial charge is 0.465 e. The second-order valence-corrected chi connectivity index (χ2v) is 8.06. The molecule has 33 heavy (non-hydrogen) atoms. The Morgan fingerprint density at radius 1 is 1.15 bits per heavy atom. The zero-order chi connectivity index (χ0) is 23.5. The molecule has 2 amide bonds. The number of carbonyl (C=O) groups is 3. The van der Waals surface area contributed by atoms with E-state index in [9.17, 15) is 14.4 Å². The standard InChI is InChI=1S/C24H25N5O4/c1-14(26-24(32)33)23(31)29(2)17-12-18-20(19(30)13-17)22(27-16-6-4-3-5-7-16)21(28-18)15-8-10-25-11-9-15/h3-11,14,17,26-28H,12-13H2,1-2H3,(H,32,33)/t14-,17?/m0/s1. The minimum Gasteiger partial charge on any atom is -0.465 e. The molecule has 1 aliphatic carbocycles. The van der Waals surface area contributed by atoms with Crippen molar-refractivity contribution in [3.63, 3.8) is 0 Å². The van der Waals surface area contributed by atoms with E-state index in [-0.39, 0.29) is 24.2 Å². The van der Waals surface area contributed by atoms with Gasteiger partial charge in [-0.1, -0.05) is 18.2 Å². The van der Waals surface area contributed by atoms with Crippen LogP contribution in [0.1, 0.15) is 29.4 Å². The van der Waals surface area contributed by atoms with Crippen molar-refractivity contribution in [1.29, 1.82) is 0 Å². The molecule has 0 radical (unpaired) electrons. The summed E-state index contributed by atoms with van der Waals surface area (Å²) < 4.78 is 0. The molecule has 1 aromatic carbocycles. The van der Waals surface area contributed by atoms with Gasteiger partial charge in [-0.25, -0.2) is 4.79 Å². The molecule has 2 atom stereocenters. The normalized spacial score (nSPS) is 15.9. The smallest absolute Gasteiger partial charge is 0.405 e. The van der Waals surface area contributed by atoms with Crippen LogP contribution in [-0.4, -0.2) is 56.9 Å². The predicted octanol–water partition coefficient (Wildman–Crippen LogP) is 3.43. The van der Waals surface area contributed by atoms with Crippen LogP contribution in [0.2, 0.25) is 0 Å². The highest BCUT2D eigenvalue weighted by molar-refractivity contribution is 6.08. The molecule has 0 bridgehead atoms. The molecule has 9 nitrogen and oxygen atoms in total. The zero-order valence-corrected chi connectivity index (χ0v) is 18.3. The second kappa shape index (κ2) is 9.15. The molecule has 170 valence electrons. The number of hydrogen-bond acceptors (Lipinski definition) is 5. The molecule has 9 heteroatoms. The summed E-state index contributed by atoms with van der Waals surface area (Å²) in [5.41, 5.74) is 4.52. The van der Waals surface area contributed by atoms with E-state index in [2.05, 4.69) is 20.6 Å². The van der Waals surface area contributed by atoms with Gasteiger partial charge in [0.1, 0.15) is 6.04 Å². The third kappa shape index (κ3) is 4.57. The predicted molar refractivity (Wildman–Crippen MR) is 124 cm³/mol. The summed E-state index contributed by atoms with van der Waals surface area (Å²) in [5.74, 6) is -0.475. The number of hydrogen-bond donors (Lipinski definition) is 4. The summed E-state index contributed by atoms with van der Waals surface area (Å²) in [7, 11) is 1.60. The summed E-state index contributed by atoms with van der Waals surface area (Å²) in [6, 6.07) is 12.0. The van der Waals surface area contributed by atoms with E-state index in [1.807, 2.05) is 42.5 Å². The van der Waals surface area contributed by atoms with E-state index in [4.69, 9.17) is 5.11 Å². The topological polar surface area (TPSA) is 127 Å². The molecule has 0 fully saturated rings. The number of rotatable bonds is 6. The minimum absolute atomic E-state index is 0.0882.